The molecule has 0 radical (unpaired) electrons. The Balaban J connectivity index is 1.96. The van der Waals surface area contributed by atoms with Gasteiger partial charge >= 0.3 is 5.97 Å². The van der Waals surface area contributed by atoms with Crippen molar-refractivity contribution < 1.29 is 24.1 Å². The lowest BCUT2D eigenvalue weighted by atomic mass is 9.96. The SMILES string of the molecule is CCOC(=O)C1=C(C)N=c2s/c(=C/c3cc(I)c(O)c(OC)c3)c(=O)n2[C@H]1c1ccc(OC)c(Br)c1. The summed E-state index contributed by atoms with van der Waals surface area (Å²) >= 11 is 6.73. The lowest BCUT2D eigenvalue weighted by molar-refractivity contribution is -0.139. The summed E-state index contributed by atoms with van der Waals surface area (Å²) in [6.07, 6.45) is 1.72. The third-order valence-corrected chi connectivity index (χ3v) is 8.00. The van der Waals surface area contributed by atoms with E-state index in [-0.39, 0.29) is 17.9 Å². The molecule has 0 fully saturated rings. The van der Waals surface area contributed by atoms with Crippen molar-refractivity contribution in [3.8, 4) is 17.2 Å². The van der Waals surface area contributed by atoms with E-state index in [2.05, 4.69) is 20.9 Å². The molecule has 0 saturated heterocycles. The number of aromatic nitrogens is 1. The van der Waals surface area contributed by atoms with Crippen molar-refractivity contribution >= 4 is 61.9 Å². The van der Waals surface area contributed by atoms with Crippen LogP contribution < -0.4 is 24.4 Å². The zero-order valence-electron chi connectivity index (χ0n) is 19.8. The molecule has 8 nitrogen and oxygen atoms in total. The molecule has 0 amide bonds. The van der Waals surface area contributed by atoms with E-state index >= 15 is 0 Å². The number of hydrogen-bond acceptors (Lipinski definition) is 8. The Hall–Kier alpha value is -2.64. The molecule has 0 unspecified atom stereocenters. The highest BCUT2D eigenvalue weighted by atomic mass is 127. The van der Waals surface area contributed by atoms with Crippen molar-refractivity contribution in [3.63, 3.8) is 0 Å². The van der Waals surface area contributed by atoms with Gasteiger partial charge in [0.25, 0.3) is 5.56 Å². The van der Waals surface area contributed by atoms with E-state index in [0.717, 1.165) is 0 Å². The molecule has 1 aliphatic rings. The first-order valence-electron chi connectivity index (χ1n) is 10.8. The first-order valence-corrected chi connectivity index (χ1v) is 13.5. The van der Waals surface area contributed by atoms with Crippen molar-refractivity contribution in [2.75, 3.05) is 20.8 Å². The fourth-order valence-corrected chi connectivity index (χ4v) is 6.17. The molecule has 0 aliphatic carbocycles. The second-order valence-electron chi connectivity index (χ2n) is 7.75. The molecular formula is C25H22BrIN2O6S. The van der Waals surface area contributed by atoms with Crippen LogP contribution in [-0.4, -0.2) is 36.5 Å². The van der Waals surface area contributed by atoms with Crippen molar-refractivity contribution in [3.05, 3.63) is 80.5 Å². The highest BCUT2D eigenvalue weighted by Crippen LogP contribution is 2.35. The summed E-state index contributed by atoms with van der Waals surface area (Å²) in [6, 6.07) is 8.09. The van der Waals surface area contributed by atoms with E-state index in [1.165, 1.54) is 23.0 Å². The van der Waals surface area contributed by atoms with Gasteiger partial charge in [0.15, 0.2) is 16.3 Å². The molecule has 36 heavy (non-hydrogen) atoms. The Bertz CT molecular complexity index is 1580. The molecule has 0 bridgehead atoms. The van der Waals surface area contributed by atoms with Crippen molar-refractivity contribution in [1.29, 1.82) is 0 Å². The monoisotopic (exact) mass is 684 g/mol. The number of allylic oxidation sites excluding steroid dienone is 1. The van der Waals surface area contributed by atoms with E-state index in [1.807, 2.05) is 34.7 Å². The number of esters is 1. The minimum atomic E-state index is -0.737. The van der Waals surface area contributed by atoms with Gasteiger partial charge in [-0.3, -0.25) is 9.36 Å². The van der Waals surface area contributed by atoms with Gasteiger partial charge in [-0.1, -0.05) is 17.4 Å². The molecule has 2 aromatic carbocycles. The van der Waals surface area contributed by atoms with Gasteiger partial charge in [0.1, 0.15) is 5.75 Å². The minimum Gasteiger partial charge on any atom is -0.504 e. The largest absolute Gasteiger partial charge is 0.504 e. The Kier molecular flexibility index (Phi) is 7.90. The Morgan fingerprint density at radius 3 is 2.61 bits per heavy atom. The van der Waals surface area contributed by atoms with E-state index < -0.39 is 12.0 Å². The van der Waals surface area contributed by atoms with Gasteiger partial charge < -0.3 is 19.3 Å². The number of rotatable bonds is 6. The summed E-state index contributed by atoms with van der Waals surface area (Å²) < 4.78 is 19.2. The van der Waals surface area contributed by atoms with Gasteiger partial charge in [-0.05, 0) is 93.8 Å². The van der Waals surface area contributed by atoms with Crippen LogP contribution in [0.1, 0.15) is 31.0 Å². The summed E-state index contributed by atoms with van der Waals surface area (Å²) in [5.74, 6) is 0.446. The molecular weight excluding hydrogens is 663 g/mol. The molecule has 2 heterocycles. The molecule has 1 N–H and O–H groups in total. The van der Waals surface area contributed by atoms with Crippen LogP contribution in [0, 0.1) is 3.57 Å². The van der Waals surface area contributed by atoms with Crippen LogP contribution in [0.2, 0.25) is 0 Å². The number of aromatic hydroxyl groups is 1. The lowest BCUT2D eigenvalue weighted by Crippen LogP contribution is -2.40. The fourth-order valence-electron chi connectivity index (χ4n) is 3.94. The van der Waals surface area contributed by atoms with Gasteiger partial charge in [-0.25, -0.2) is 9.79 Å². The normalized spacial score (nSPS) is 15.4. The number of halogens is 2. The van der Waals surface area contributed by atoms with Crippen LogP contribution in [-0.2, 0) is 9.53 Å². The van der Waals surface area contributed by atoms with Crippen LogP contribution in [0.5, 0.6) is 17.2 Å². The van der Waals surface area contributed by atoms with E-state index in [9.17, 15) is 14.7 Å². The number of phenolic OH excluding ortho intramolecular Hbond substituents is 1. The van der Waals surface area contributed by atoms with Crippen LogP contribution in [0.3, 0.4) is 0 Å². The Morgan fingerprint density at radius 1 is 1.25 bits per heavy atom. The predicted octanol–water partition coefficient (Wildman–Crippen LogP) is 3.89. The molecule has 1 aromatic heterocycles. The third-order valence-electron chi connectivity index (χ3n) is 5.58. The maximum atomic E-state index is 13.7. The number of carbonyl (C=O) groups is 1. The molecule has 0 saturated carbocycles. The predicted molar refractivity (Wildman–Crippen MR) is 148 cm³/mol. The fraction of sp³-hybridized carbons (Fsp3) is 0.240. The van der Waals surface area contributed by atoms with E-state index in [4.69, 9.17) is 14.2 Å². The quantitative estimate of drug-likeness (QED) is 0.313. The standard InChI is InChI=1S/C25H22BrIN2O6S/c1-5-35-24(32)20-12(2)28-25-29(21(20)14-6-7-17(33-3)15(26)11-14)23(31)19(36-25)10-13-8-16(27)22(30)18(9-13)34-4/h6-11,21,30H,5H2,1-4H3/b19-10+/t21-/m0/s1. The van der Waals surface area contributed by atoms with Crippen LogP contribution in [0.25, 0.3) is 6.08 Å². The third kappa shape index (κ3) is 4.83. The second kappa shape index (κ2) is 10.8. The first-order chi connectivity index (χ1) is 17.2. The van der Waals surface area contributed by atoms with Crippen molar-refractivity contribution in [2.45, 2.75) is 19.9 Å². The minimum absolute atomic E-state index is 0.0384. The number of benzene rings is 2. The van der Waals surface area contributed by atoms with Crippen LogP contribution in [0.15, 0.2) is 55.9 Å². The summed E-state index contributed by atoms with van der Waals surface area (Å²) in [5, 5.41) is 10.2. The number of ether oxygens (including phenoxy) is 3. The number of fused-ring (bicyclic) bond motifs is 1. The van der Waals surface area contributed by atoms with Gasteiger partial charge in [0, 0.05) is 0 Å². The van der Waals surface area contributed by atoms with Gasteiger partial charge in [0.05, 0.1) is 50.7 Å². The number of phenols is 1. The number of nitrogens with zero attached hydrogens (tertiary/aromatic N) is 2. The maximum absolute atomic E-state index is 13.7. The first kappa shape index (κ1) is 26.4. The molecule has 1 aliphatic heterocycles. The number of thiazole rings is 1. The Labute approximate surface area is 232 Å². The molecule has 1 atom stereocenters. The van der Waals surface area contributed by atoms with Crippen LogP contribution >= 0.6 is 49.9 Å². The van der Waals surface area contributed by atoms with Gasteiger partial charge in [-0.15, -0.1) is 0 Å². The molecule has 4 rings (SSSR count). The summed E-state index contributed by atoms with van der Waals surface area (Å²) in [5.41, 5.74) is 1.87. The highest BCUT2D eigenvalue weighted by molar-refractivity contribution is 14.1. The molecule has 11 heteroatoms. The molecule has 188 valence electrons. The summed E-state index contributed by atoms with van der Waals surface area (Å²) in [7, 11) is 3.03. The number of hydrogen-bond donors (Lipinski definition) is 1. The summed E-state index contributed by atoms with van der Waals surface area (Å²) in [4.78, 5) is 31.8. The van der Waals surface area contributed by atoms with E-state index in [1.54, 1.807) is 45.2 Å². The van der Waals surface area contributed by atoms with Gasteiger partial charge in [-0.2, -0.15) is 0 Å². The average molecular weight is 685 g/mol. The van der Waals surface area contributed by atoms with Crippen molar-refractivity contribution in [2.24, 2.45) is 4.99 Å². The lowest BCUT2D eigenvalue weighted by Gasteiger charge is -2.25. The highest BCUT2D eigenvalue weighted by Gasteiger charge is 2.33. The smallest absolute Gasteiger partial charge is 0.338 e. The molecule has 3 aromatic rings. The van der Waals surface area contributed by atoms with Gasteiger partial charge in [0.2, 0.25) is 0 Å². The topological polar surface area (TPSA) is 99.4 Å². The van der Waals surface area contributed by atoms with E-state index in [0.29, 0.717) is 51.3 Å². The molecule has 0 spiro atoms. The second-order valence-corrected chi connectivity index (χ2v) is 10.8. The summed E-state index contributed by atoms with van der Waals surface area (Å²) in [6.45, 7) is 3.66. The zero-order chi connectivity index (χ0) is 26.1. The van der Waals surface area contributed by atoms with Crippen molar-refractivity contribution in [1.82, 2.24) is 4.57 Å². The zero-order valence-corrected chi connectivity index (χ0v) is 24.4. The number of methoxy groups -OCH3 is 2. The average Bonchev–Trinajstić information content (AvgIpc) is 3.14. The maximum Gasteiger partial charge on any atom is 0.338 e. The Morgan fingerprint density at radius 2 is 1.97 bits per heavy atom. The number of carbonyl (C=O) groups excluding carboxylic acids is 1. The van der Waals surface area contributed by atoms with Crippen LogP contribution in [0.4, 0.5) is 0 Å².